The van der Waals surface area contributed by atoms with Crippen LogP contribution >= 0.6 is 0 Å². The van der Waals surface area contributed by atoms with Crippen LogP contribution in [0.5, 0.6) is 0 Å². The lowest BCUT2D eigenvalue weighted by Gasteiger charge is -2.18. The Morgan fingerprint density at radius 3 is 2.06 bits per heavy atom. The van der Waals surface area contributed by atoms with Crippen molar-refractivity contribution in [2.45, 2.75) is 65.8 Å². The molecular formula is C14H25NO3. The van der Waals surface area contributed by atoms with Gasteiger partial charge in [-0.05, 0) is 19.8 Å². The zero-order chi connectivity index (χ0) is 14.1. The van der Waals surface area contributed by atoms with Gasteiger partial charge in [-0.2, -0.15) is 0 Å². The Morgan fingerprint density at radius 1 is 1.00 bits per heavy atom. The van der Waals surface area contributed by atoms with Crippen molar-refractivity contribution >= 4 is 17.5 Å². The molecule has 0 rings (SSSR count). The number of rotatable bonds is 9. The van der Waals surface area contributed by atoms with Gasteiger partial charge >= 0.3 is 0 Å². The van der Waals surface area contributed by atoms with Gasteiger partial charge in [0.2, 0.25) is 5.91 Å². The molecule has 0 heterocycles. The third-order valence-electron chi connectivity index (χ3n) is 2.81. The van der Waals surface area contributed by atoms with Crippen LogP contribution in [0, 0.1) is 5.92 Å². The minimum atomic E-state index is -0.375. The van der Waals surface area contributed by atoms with E-state index >= 15 is 0 Å². The Labute approximate surface area is 110 Å². The van der Waals surface area contributed by atoms with E-state index in [1.54, 1.807) is 6.92 Å². The van der Waals surface area contributed by atoms with Gasteiger partial charge in [-0.25, -0.2) is 0 Å². The van der Waals surface area contributed by atoms with Crippen LogP contribution in [0.2, 0.25) is 0 Å². The SMILES string of the molecule is CC(=O)CCCCC[C@H](NC(C)=O)C(=O)C(C)C. The fraction of sp³-hybridized carbons (Fsp3) is 0.786. The summed E-state index contributed by atoms with van der Waals surface area (Å²) in [6.07, 6.45) is 3.90. The number of amides is 1. The second-order valence-corrected chi connectivity index (χ2v) is 5.11. The number of hydrogen-bond donors (Lipinski definition) is 1. The number of Topliss-reactive ketones (excluding diaryl/α,β-unsaturated/α-hetero) is 2. The molecule has 0 fully saturated rings. The molecule has 0 aromatic rings. The Morgan fingerprint density at radius 2 is 1.61 bits per heavy atom. The monoisotopic (exact) mass is 255 g/mol. The molecule has 0 spiro atoms. The highest BCUT2D eigenvalue weighted by Gasteiger charge is 2.21. The van der Waals surface area contributed by atoms with Crippen molar-refractivity contribution in [3.63, 3.8) is 0 Å². The summed E-state index contributed by atoms with van der Waals surface area (Å²) in [5.41, 5.74) is 0. The van der Waals surface area contributed by atoms with Gasteiger partial charge in [0.15, 0.2) is 5.78 Å². The topological polar surface area (TPSA) is 63.2 Å². The van der Waals surface area contributed by atoms with Crippen LogP contribution in [0.25, 0.3) is 0 Å². The van der Waals surface area contributed by atoms with E-state index in [-0.39, 0.29) is 29.4 Å². The van der Waals surface area contributed by atoms with E-state index in [0.717, 1.165) is 19.3 Å². The number of carbonyl (C=O) groups excluding carboxylic acids is 3. The molecule has 0 aliphatic carbocycles. The first-order chi connectivity index (χ1) is 8.34. The van der Waals surface area contributed by atoms with Crippen LogP contribution in [0.4, 0.5) is 0 Å². The normalized spacial score (nSPS) is 12.3. The first-order valence-electron chi connectivity index (χ1n) is 6.64. The lowest BCUT2D eigenvalue weighted by atomic mass is 9.96. The Hall–Kier alpha value is -1.19. The second kappa shape index (κ2) is 8.84. The molecule has 0 saturated heterocycles. The van der Waals surface area contributed by atoms with Crippen LogP contribution in [0.1, 0.15) is 59.8 Å². The maximum atomic E-state index is 11.9. The lowest BCUT2D eigenvalue weighted by Crippen LogP contribution is -2.41. The molecule has 4 heteroatoms. The highest BCUT2D eigenvalue weighted by atomic mass is 16.2. The number of carbonyl (C=O) groups is 3. The van der Waals surface area contributed by atoms with Crippen molar-refractivity contribution in [1.82, 2.24) is 5.32 Å². The maximum Gasteiger partial charge on any atom is 0.217 e. The Kier molecular flexibility index (Phi) is 8.25. The summed E-state index contributed by atoms with van der Waals surface area (Å²) < 4.78 is 0. The summed E-state index contributed by atoms with van der Waals surface area (Å²) in [7, 11) is 0. The zero-order valence-electron chi connectivity index (χ0n) is 11.9. The van der Waals surface area contributed by atoms with Gasteiger partial charge < -0.3 is 10.1 Å². The molecule has 104 valence electrons. The molecule has 1 amide bonds. The summed E-state index contributed by atoms with van der Waals surface area (Å²) in [6, 6.07) is -0.375. The molecular weight excluding hydrogens is 230 g/mol. The quantitative estimate of drug-likeness (QED) is 0.643. The van der Waals surface area contributed by atoms with Gasteiger partial charge in [-0.3, -0.25) is 9.59 Å². The van der Waals surface area contributed by atoms with Crippen molar-refractivity contribution in [3.05, 3.63) is 0 Å². The van der Waals surface area contributed by atoms with E-state index in [9.17, 15) is 14.4 Å². The minimum absolute atomic E-state index is 0.0703. The summed E-state index contributed by atoms with van der Waals surface area (Å²) >= 11 is 0. The predicted molar refractivity (Wildman–Crippen MR) is 71.2 cm³/mol. The van der Waals surface area contributed by atoms with Crippen molar-refractivity contribution in [1.29, 1.82) is 0 Å². The summed E-state index contributed by atoms with van der Waals surface area (Å²) in [5.74, 6) is 0.0419. The van der Waals surface area contributed by atoms with Crippen LogP contribution in [0.15, 0.2) is 0 Å². The van der Waals surface area contributed by atoms with E-state index in [1.807, 2.05) is 13.8 Å². The molecule has 0 aromatic carbocycles. The average molecular weight is 255 g/mol. The lowest BCUT2D eigenvalue weighted by molar-refractivity contribution is -0.128. The fourth-order valence-corrected chi connectivity index (χ4v) is 1.83. The molecule has 0 radical (unpaired) electrons. The van der Waals surface area contributed by atoms with Crippen molar-refractivity contribution in [2.75, 3.05) is 0 Å². The number of hydrogen-bond acceptors (Lipinski definition) is 3. The molecule has 1 atom stereocenters. The smallest absolute Gasteiger partial charge is 0.217 e. The summed E-state index contributed by atoms with van der Waals surface area (Å²) in [4.78, 5) is 33.7. The fourth-order valence-electron chi connectivity index (χ4n) is 1.83. The standard InChI is InChI=1S/C14H25NO3/c1-10(2)14(18)13(15-12(4)17)9-7-5-6-8-11(3)16/h10,13H,5-9H2,1-4H3,(H,15,17)/t13-/m0/s1. The van der Waals surface area contributed by atoms with Crippen LogP contribution in [0.3, 0.4) is 0 Å². The van der Waals surface area contributed by atoms with Gasteiger partial charge in [0.1, 0.15) is 5.78 Å². The van der Waals surface area contributed by atoms with Crippen LogP contribution in [-0.2, 0) is 14.4 Å². The molecule has 4 nitrogen and oxygen atoms in total. The van der Waals surface area contributed by atoms with Crippen molar-refractivity contribution in [2.24, 2.45) is 5.92 Å². The summed E-state index contributed by atoms with van der Waals surface area (Å²) in [6.45, 7) is 6.69. The maximum absolute atomic E-state index is 11.9. The molecule has 0 aliphatic rings. The number of ketones is 2. The largest absolute Gasteiger partial charge is 0.347 e. The molecule has 18 heavy (non-hydrogen) atoms. The minimum Gasteiger partial charge on any atom is -0.347 e. The molecule has 0 unspecified atom stereocenters. The van der Waals surface area contributed by atoms with Crippen LogP contribution in [-0.4, -0.2) is 23.5 Å². The Balaban J connectivity index is 4.05. The van der Waals surface area contributed by atoms with Gasteiger partial charge in [-0.1, -0.05) is 26.7 Å². The molecule has 0 aliphatic heterocycles. The molecule has 0 aromatic heterocycles. The van der Waals surface area contributed by atoms with E-state index < -0.39 is 0 Å². The van der Waals surface area contributed by atoms with E-state index in [4.69, 9.17) is 0 Å². The zero-order valence-corrected chi connectivity index (χ0v) is 11.9. The van der Waals surface area contributed by atoms with E-state index in [1.165, 1.54) is 6.92 Å². The van der Waals surface area contributed by atoms with Gasteiger partial charge in [0.05, 0.1) is 6.04 Å². The van der Waals surface area contributed by atoms with Crippen LogP contribution < -0.4 is 5.32 Å². The average Bonchev–Trinajstić information content (AvgIpc) is 2.24. The number of nitrogens with one attached hydrogen (secondary N) is 1. The van der Waals surface area contributed by atoms with Gasteiger partial charge in [-0.15, -0.1) is 0 Å². The highest BCUT2D eigenvalue weighted by Crippen LogP contribution is 2.10. The van der Waals surface area contributed by atoms with Gasteiger partial charge in [0, 0.05) is 19.3 Å². The first kappa shape index (κ1) is 16.8. The van der Waals surface area contributed by atoms with Gasteiger partial charge in [0.25, 0.3) is 0 Å². The van der Waals surface area contributed by atoms with E-state index in [2.05, 4.69) is 5.32 Å². The molecule has 0 saturated carbocycles. The van der Waals surface area contributed by atoms with Crippen molar-refractivity contribution < 1.29 is 14.4 Å². The summed E-state index contributed by atoms with van der Waals surface area (Å²) in [5, 5.41) is 2.71. The van der Waals surface area contributed by atoms with Crippen molar-refractivity contribution in [3.8, 4) is 0 Å². The molecule has 0 bridgehead atoms. The second-order valence-electron chi connectivity index (χ2n) is 5.11. The number of unbranched alkanes of at least 4 members (excludes halogenated alkanes) is 2. The Bertz CT molecular complexity index is 297. The molecule has 1 N–H and O–H groups in total. The first-order valence-corrected chi connectivity index (χ1v) is 6.64. The highest BCUT2D eigenvalue weighted by molar-refractivity contribution is 5.89. The predicted octanol–water partition coefficient (Wildman–Crippen LogP) is 2.26. The van der Waals surface area contributed by atoms with E-state index in [0.29, 0.717) is 12.8 Å². The third-order valence-corrected chi connectivity index (χ3v) is 2.81. The third kappa shape index (κ3) is 7.98.